The van der Waals surface area contributed by atoms with Crippen molar-refractivity contribution in [2.75, 3.05) is 0 Å². The van der Waals surface area contributed by atoms with Crippen LogP contribution in [0.1, 0.15) is 45.9 Å². The largest absolute Gasteiger partial charge is 0.489 e. The van der Waals surface area contributed by atoms with Crippen LogP contribution in [0.5, 0.6) is 5.75 Å². The van der Waals surface area contributed by atoms with Crippen molar-refractivity contribution in [3.05, 3.63) is 75.9 Å². The second-order valence-corrected chi connectivity index (χ2v) is 7.48. The van der Waals surface area contributed by atoms with Crippen LogP contribution in [-0.2, 0) is 22.6 Å². The van der Waals surface area contributed by atoms with Crippen molar-refractivity contribution in [2.24, 2.45) is 5.92 Å². The van der Waals surface area contributed by atoms with Crippen LogP contribution in [0.3, 0.4) is 0 Å². The van der Waals surface area contributed by atoms with Crippen molar-refractivity contribution >= 4 is 5.97 Å². The van der Waals surface area contributed by atoms with Gasteiger partial charge >= 0.3 is 5.97 Å². The number of benzene rings is 2. The maximum Gasteiger partial charge on any atom is 0.334 e. The van der Waals surface area contributed by atoms with Gasteiger partial charge in [0.15, 0.2) is 0 Å². The zero-order valence-corrected chi connectivity index (χ0v) is 15.6. The molecule has 0 spiro atoms. The summed E-state index contributed by atoms with van der Waals surface area (Å²) in [5.41, 5.74) is 7.71. The highest BCUT2D eigenvalue weighted by Gasteiger charge is 2.44. The number of hydrogen-bond acceptors (Lipinski definition) is 3. The third-order valence-electron chi connectivity index (χ3n) is 5.74. The van der Waals surface area contributed by atoms with Gasteiger partial charge in [0.25, 0.3) is 0 Å². The van der Waals surface area contributed by atoms with Crippen LogP contribution in [0.2, 0.25) is 0 Å². The van der Waals surface area contributed by atoms with Gasteiger partial charge in [-0.05, 0) is 61.9 Å². The molecule has 134 valence electrons. The van der Waals surface area contributed by atoms with E-state index in [-0.39, 0.29) is 18.0 Å². The Morgan fingerprint density at radius 3 is 2.65 bits per heavy atom. The number of esters is 1. The quantitative estimate of drug-likeness (QED) is 0.584. The van der Waals surface area contributed by atoms with E-state index in [9.17, 15) is 4.79 Å². The zero-order chi connectivity index (χ0) is 18.4. The second-order valence-electron chi connectivity index (χ2n) is 7.48. The highest BCUT2D eigenvalue weighted by molar-refractivity contribution is 5.91. The van der Waals surface area contributed by atoms with Crippen molar-refractivity contribution in [3.63, 3.8) is 0 Å². The van der Waals surface area contributed by atoms with E-state index < -0.39 is 0 Å². The molecular weight excluding hydrogens is 324 g/mol. The average molecular weight is 348 g/mol. The van der Waals surface area contributed by atoms with Crippen molar-refractivity contribution < 1.29 is 14.3 Å². The molecule has 1 fully saturated rings. The van der Waals surface area contributed by atoms with E-state index in [1.165, 1.54) is 16.7 Å². The van der Waals surface area contributed by atoms with Crippen molar-refractivity contribution in [2.45, 2.75) is 46.3 Å². The third kappa shape index (κ3) is 2.72. The maximum absolute atomic E-state index is 12.0. The first-order valence-corrected chi connectivity index (χ1v) is 9.17. The van der Waals surface area contributed by atoms with E-state index >= 15 is 0 Å². The number of aryl methyl sites for hydroxylation is 2. The Kier molecular flexibility index (Phi) is 4.10. The average Bonchev–Trinajstić information content (AvgIpc) is 2.92. The lowest BCUT2D eigenvalue weighted by Crippen LogP contribution is -2.20. The van der Waals surface area contributed by atoms with Gasteiger partial charge in [-0.2, -0.15) is 0 Å². The molecule has 2 aromatic rings. The minimum absolute atomic E-state index is 0.0976. The predicted molar refractivity (Wildman–Crippen MR) is 101 cm³/mol. The van der Waals surface area contributed by atoms with Gasteiger partial charge in [0, 0.05) is 17.1 Å². The van der Waals surface area contributed by atoms with Crippen LogP contribution >= 0.6 is 0 Å². The molecule has 2 atom stereocenters. The molecule has 0 amide bonds. The van der Waals surface area contributed by atoms with Crippen molar-refractivity contribution in [1.82, 2.24) is 0 Å². The van der Waals surface area contributed by atoms with Gasteiger partial charge in [-0.3, -0.25) is 0 Å². The molecule has 0 saturated carbocycles. The lowest BCUT2D eigenvalue weighted by Gasteiger charge is -2.30. The first-order chi connectivity index (χ1) is 12.5. The summed E-state index contributed by atoms with van der Waals surface area (Å²) in [5.74, 6) is 0.715. The van der Waals surface area contributed by atoms with Gasteiger partial charge in [0.1, 0.15) is 18.5 Å². The van der Waals surface area contributed by atoms with Gasteiger partial charge in [0.2, 0.25) is 0 Å². The minimum atomic E-state index is -0.254. The Morgan fingerprint density at radius 1 is 1.19 bits per heavy atom. The van der Waals surface area contributed by atoms with Gasteiger partial charge in [-0.25, -0.2) is 4.79 Å². The molecule has 1 saturated heterocycles. The van der Waals surface area contributed by atoms with E-state index in [0.717, 1.165) is 35.3 Å². The molecule has 0 radical (unpaired) electrons. The molecule has 0 N–H and O–H groups in total. The smallest absolute Gasteiger partial charge is 0.334 e. The molecule has 3 nitrogen and oxygen atoms in total. The number of hydrogen-bond donors (Lipinski definition) is 0. The van der Waals surface area contributed by atoms with Crippen LogP contribution in [0.4, 0.5) is 0 Å². The molecule has 2 aliphatic rings. The van der Waals surface area contributed by atoms with Crippen molar-refractivity contribution in [1.29, 1.82) is 0 Å². The fraction of sp³-hybridized carbons (Fsp3) is 0.348. The lowest BCUT2D eigenvalue weighted by molar-refractivity contribution is -0.139. The van der Waals surface area contributed by atoms with E-state index in [1.54, 1.807) is 0 Å². The zero-order valence-electron chi connectivity index (χ0n) is 15.6. The normalized spacial score (nSPS) is 21.2. The van der Waals surface area contributed by atoms with Gasteiger partial charge in [-0.1, -0.05) is 36.4 Å². The van der Waals surface area contributed by atoms with Crippen LogP contribution in [0.15, 0.2) is 42.5 Å². The molecule has 0 bridgehead atoms. The van der Waals surface area contributed by atoms with Crippen LogP contribution in [0, 0.1) is 26.7 Å². The summed E-state index contributed by atoms with van der Waals surface area (Å²) >= 11 is 0. The van der Waals surface area contributed by atoms with E-state index in [0.29, 0.717) is 12.2 Å². The van der Waals surface area contributed by atoms with Crippen molar-refractivity contribution in [3.8, 4) is 5.75 Å². The summed E-state index contributed by atoms with van der Waals surface area (Å²) in [6, 6.07) is 10.5. The monoisotopic (exact) mass is 348 g/mol. The molecule has 26 heavy (non-hydrogen) atoms. The maximum atomic E-state index is 12.0. The Hall–Kier alpha value is -2.55. The number of rotatable bonds is 3. The lowest BCUT2D eigenvalue weighted by atomic mass is 9.76. The first-order valence-electron chi connectivity index (χ1n) is 9.17. The highest BCUT2D eigenvalue weighted by atomic mass is 16.6. The number of ether oxygens (including phenoxy) is 2. The summed E-state index contributed by atoms with van der Waals surface area (Å²) in [4.78, 5) is 12.0. The number of fused-ring (bicyclic) bond motifs is 3. The van der Waals surface area contributed by atoms with Gasteiger partial charge < -0.3 is 9.47 Å². The standard InChI is InChI=1S/C23H24O3/c1-13-5-7-17(8-6-13)12-25-20-11-14(2)18-9-10-19-15(3)23(24)26-22(19)21(18)16(20)4/h5-8,11,19,22H,3,9-10,12H2,1-2,4H3/t19-,22?/m0/s1. The third-order valence-corrected chi connectivity index (χ3v) is 5.74. The summed E-state index contributed by atoms with van der Waals surface area (Å²) in [6.45, 7) is 10.7. The molecule has 1 aliphatic heterocycles. The molecule has 1 aliphatic carbocycles. The second kappa shape index (κ2) is 6.31. The molecule has 2 aromatic carbocycles. The fourth-order valence-electron chi connectivity index (χ4n) is 4.17. The molecule has 1 heterocycles. The Morgan fingerprint density at radius 2 is 1.92 bits per heavy atom. The molecule has 1 unspecified atom stereocenters. The summed E-state index contributed by atoms with van der Waals surface area (Å²) in [7, 11) is 0. The summed E-state index contributed by atoms with van der Waals surface area (Å²) in [6.07, 6.45) is 1.67. The molecule has 4 rings (SSSR count). The van der Waals surface area contributed by atoms with E-state index in [4.69, 9.17) is 9.47 Å². The topological polar surface area (TPSA) is 35.5 Å². The minimum Gasteiger partial charge on any atom is -0.489 e. The Labute approximate surface area is 154 Å². The molecular formula is C23H24O3. The summed E-state index contributed by atoms with van der Waals surface area (Å²) < 4.78 is 11.8. The Balaban J connectivity index is 1.67. The van der Waals surface area contributed by atoms with Gasteiger partial charge in [0.05, 0.1) is 0 Å². The fourth-order valence-corrected chi connectivity index (χ4v) is 4.17. The number of carbonyl (C=O) groups excluding carboxylic acids is 1. The SMILES string of the molecule is C=C1C(=O)OC2c3c(C)c(OCc4ccc(C)cc4)cc(C)c3CC[C@@H]12. The van der Waals surface area contributed by atoms with Crippen LogP contribution in [0.25, 0.3) is 0 Å². The Bertz CT molecular complexity index is 893. The summed E-state index contributed by atoms with van der Waals surface area (Å²) in [5, 5.41) is 0. The van der Waals surface area contributed by atoms with Crippen LogP contribution in [-0.4, -0.2) is 5.97 Å². The highest BCUT2D eigenvalue weighted by Crippen LogP contribution is 2.49. The molecule has 0 aromatic heterocycles. The van der Waals surface area contributed by atoms with Crippen LogP contribution < -0.4 is 4.74 Å². The number of carbonyl (C=O) groups is 1. The first kappa shape index (κ1) is 16.9. The predicted octanol–water partition coefficient (Wildman–Crippen LogP) is 4.91. The molecule has 3 heteroatoms. The van der Waals surface area contributed by atoms with Gasteiger partial charge in [-0.15, -0.1) is 0 Å². The van der Waals surface area contributed by atoms with E-state index in [1.807, 2.05) is 0 Å². The van der Waals surface area contributed by atoms with E-state index in [2.05, 4.69) is 57.7 Å².